The van der Waals surface area contributed by atoms with Crippen LogP contribution in [0.5, 0.6) is 0 Å². The van der Waals surface area contributed by atoms with Crippen LogP contribution in [0.25, 0.3) is 55.7 Å². The van der Waals surface area contributed by atoms with Crippen LogP contribution in [0.2, 0.25) is 0 Å². The summed E-state index contributed by atoms with van der Waals surface area (Å²) in [6.07, 6.45) is -1.91. The summed E-state index contributed by atoms with van der Waals surface area (Å²) in [6, 6.07) is 42.4. The van der Waals surface area contributed by atoms with Crippen molar-refractivity contribution >= 4 is 22.1 Å². The number of aromatic nitrogens is 3. The Kier molecular flexibility index (Phi) is 7.05. The quantitative estimate of drug-likeness (QED) is 0.157. The molecule has 8 aromatic rings. The van der Waals surface area contributed by atoms with Gasteiger partial charge in [-0.3, -0.25) is 0 Å². The average molecular weight is 810 g/mol. The number of furan rings is 1. The van der Waals surface area contributed by atoms with E-state index in [0.717, 1.165) is 16.8 Å². The molecule has 0 fully saturated rings. The molecule has 1 radical (unpaired) electrons. The van der Waals surface area contributed by atoms with Crippen LogP contribution in [0.3, 0.4) is 0 Å². The van der Waals surface area contributed by atoms with Gasteiger partial charge in [-0.05, 0) is 72.2 Å². The molecule has 48 heavy (non-hydrogen) atoms. The van der Waals surface area contributed by atoms with Crippen molar-refractivity contribution in [2.45, 2.75) is 26.4 Å². The number of hydrogen-bond donors (Lipinski definition) is 0. The van der Waals surface area contributed by atoms with Gasteiger partial charge < -0.3 is 14.4 Å². The molecule has 4 nitrogen and oxygen atoms in total. The molecule has 4 heterocycles. The van der Waals surface area contributed by atoms with E-state index in [1.54, 1.807) is 66.7 Å². The van der Waals surface area contributed by atoms with Gasteiger partial charge in [0.05, 0.1) is 5.58 Å². The Morgan fingerprint density at radius 2 is 1.52 bits per heavy atom. The summed E-state index contributed by atoms with van der Waals surface area (Å²) in [5.74, 6) is 0. The predicted octanol–water partition coefficient (Wildman–Crippen LogP) is 10.5. The fourth-order valence-corrected chi connectivity index (χ4v) is 5.09. The minimum absolute atomic E-state index is 0. The summed E-state index contributed by atoms with van der Waals surface area (Å²) >= 11 is 0. The van der Waals surface area contributed by atoms with Crippen LogP contribution in [0.4, 0.5) is 0 Å². The molecule has 0 aliphatic carbocycles. The molecule has 0 atom stereocenters. The van der Waals surface area contributed by atoms with Gasteiger partial charge in [0.1, 0.15) is 0 Å². The van der Waals surface area contributed by atoms with Crippen LogP contribution in [0, 0.1) is 25.8 Å². The Bertz CT molecular complexity index is 2650. The zero-order valence-corrected chi connectivity index (χ0v) is 27.8. The van der Waals surface area contributed by atoms with E-state index in [-0.39, 0.29) is 48.2 Å². The van der Waals surface area contributed by atoms with E-state index in [1.165, 1.54) is 24.5 Å². The van der Waals surface area contributed by atoms with Gasteiger partial charge in [-0.1, -0.05) is 89.8 Å². The number of pyridine rings is 3. The average Bonchev–Trinajstić information content (AvgIpc) is 3.59. The molecule has 0 bridgehead atoms. The molecule has 0 aliphatic rings. The Morgan fingerprint density at radius 3 is 2.27 bits per heavy atom. The number of fused-ring (bicyclic) bond motifs is 3. The number of nitrogens with zero attached hydrogens (tertiary/aromatic N) is 3. The van der Waals surface area contributed by atoms with Crippen molar-refractivity contribution < 1.29 is 38.2 Å². The molecule has 0 spiro atoms. The van der Waals surface area contributed by atoms with Crippen molar-refractivity contribution in [2.24, 2.45) is 0 Å². The number of aryl methyl sites for hydroxylation is 4. The third-order valence-electron chi connectivity index (χ3n) is 7.40. The number of benzene rings is 4. The van der Waals surface area contributed by atoms with Crippen molar-refractivity contribution in [3.8, 4) is 33.6 Å². The Labute approximate surface area is 309 Å². The molecule has 4 aromatic heterocycles. The minimum Gasteiger partial charge on any atom is -0.486 e. The largest absolute Gasteiger partial charge is 0.486 e. The van der Waals surface area contributed by atoms with Gasteiger partial charge in [-0.25, -0.2) is 4.98 Å². The van der Waals surface area contributed by atoms with Crippen LogP contribution in [0.15, 0.2) is 144 Å². The zero-order chi connectivity index (χ0) is 40.6. The summed E-state index contributed by atoms with van der Waals surface area (Å²) < 4.78 is 86.8. The minimum atomic E-state index is -2.47. The van der Waals surface area contributed by atoms with Crippen molar-refractivity contribution in [2.75, 3.05) is 0 Å². The van der Waals surface area contributed by atoms with Gasteiger partial charge in [-0.2, -0.15) is 0 Å². The second-order valence-electron chi connectivity index (χ2n) is 10.6. The van der Waals surface area contributed by atoms with E-state index in [2.05, 4.69) is 27.1 Å². The monoisotopic (exact) mass is 810 g/mol. The zero-order valence-electron chi connectivity index (χ0n) is 35.4. The first-order valence-electron chi connectivity index (χ1n) is 19.9. The molecule has 0 saturated heterocycles. The van der Waals surface area contributed by atoms with Crippen LogP contribution >= 0.6 is 0 Å². The van der Waals surface area contributed by atoms with Crippen molar-refractivity contribution in [1.29, 1.82) is 0 Å². The molecule has 0 saturated carbocycles. The van der Waals surface area contributed by atoms with Crippen LogP contribution < -0.4 is 0 Å². The standard InChI is InChI=1S/C31H23N2O.C12H10N.Ir/c1-21-19-29(32-20-28(21)23-11-6-3-7-12-23)27-14-8-13-25-26-18-17-24(33-31(26)34-30(25)27)16-15-22-9-4-2-5-10-22;1-10-7-8-12(13-9-10)11-5-3-2-4-6-11;/h2-13,17-20H,15-16H2,1H3;2-5,7-9H,1H3;/q2*-1;/i1D3,15D2,16D2;1D3;. The van der Waals surface area contributed by atoms with Gasteiger partial charge in [-0.15, -0.1) is 54.1 Å². The molecular formula is C43H33IrN3O-2. The van der Waals surface area contributed by atoms with Gasteiger partial charge in [0.2, 0.25) is 5.71 Å². The Morgan fingerprint density at radius 1 is 0.708 bits per heavy atom. The molecular weight excluding hydrogens is 767 g/mol. The van der Waals surface area contributed by atoms with Crippen LogP contribution in [0.1, 0.15) is 36.1 Å². The summed E-state index contributed by atoms with van der Waals surface area (Å²) in [6.45, 7) is -4.49. The first-order valence-corrected chi connectivity index (χ1v) is 14.9. The maximum atomic E-state index is 8.69. The maximum Gasteiger partial charge on any atom is 0.216 e. The molecule has 0 amide bonds. The van der Waals surface area contributed by atoms with Gasteiger partial charge >= 0.3 is 0 Å². The van der Waals surface area contributed by atoms with Crippen molar-refractivity contribution in [3.05, 3.63) is 174 Å². The van der Waals surface area contributed by atoms with E-state index in [4.69, 9.17) is 18.1 Å². The van der Waals surface area contributed by atoms with E-state index in [0.29, 0.717) is 33.2 Å². The smallest absolute Gasteiger partial charge is 0.216 e. The molecule has 8 rings (SSSR count). The fourth-order valence-electron chi connectivity index (χ4n) is 5.09. The first-order chi connectivity index (χ1) is 27.1. The number of rotatable bonds is 6. The van der Waals surface area contributed by atoms with E-state index < -0.39 is 26.4 Å². The molecule has 0 unspecified atom stereocenters. The summed E-state index contributed by atoms with van der Waals surface area (Å²) in [4.78, 5) is 13.1. The molecule has 237 valence electrons. The SMILES string of the molecule is [2H]C([2H])([2H])c1cc(-c2[c-]ccc3c2oc2nc(C([2H])([2H])C([2H])([2H])c4ccccc4)ccc23)ncc1-c1ccccc1.[2H]C([2H])([2H])c1ccc(-c2[c-]cccc2)nc1.[Ir]. The van der Waals surface area contributed by atoms with Gasteiger partial charge in [0.15, 0.2) is 0 Å². The topological polar surface area (TPSA) is 51.8 Å². The fraction of sp³-hybridized carbons (Fsp3) is 0.0930. The molecule has 0 N–H and O–H groups in total. The van der Waals surface area contributed by atoms with E-state index in [9.17, 15) is 0 Å². The third-order valence-corrected chi connectivity index (χ3v) is 7.40. The van der Waals surface area contributed by atoms with Crippen LogP contribution in [-0.4, -0.2) is 15.0 Å². The maximum absolute atomic E-state index is 8.69. The van der Waals surface area contributed by atoms with Crippen molar-refractivity contribution in [3.63, 3.8) is 0 Å². The van der Waals surface area contributed by atoms with E-state index in [1.807, 2.05) is 48.5 Å². The summed E-state index contributed by atoms with van der Waals surface area (Å²) in [7, 11) is 0. The third kappa shape index (κ3) is 7.34. The second kappa shape index (κ2) is 15.1. The molecule has 0 aliphatic heterocycles. The van der Waals surface area contributed by atoms with E-state index >= 15 is 0 Å². The summed E-state index contributed by atoms with van der Waals surface area (Å²) in [5, 5.41) is 1.27. The van der Waals surface area contributed by atoms with Crippen molar-refractivity contribution in [1.82, 2.24) is 15.0 Å². The summed E-state index contributed by atoms with van der Waals surface area (Å²) in [5.41, 5.74) is 4.62. The molecule has 5 heteroatoms. The normalized spacial score (nSPS) is 14.9. The first kappa shape index (κ1) is 22.4. The Balaban J connectivity index is 0.000000280. The molecule has 4 aromatic carbocycles. The second-order valence-corrected chi connectivity index (χ2v) is 10.6. The predicted molar refractivity (Wildman–Crippen MR) is 191 cm³/mol. The van der Waals surface area contributed by atoms with Gasteiger partial charge in [0, 0.05) is 62.9 Å². The Hall–Kier alpha value is -5.22. The number of hydrogen-bond acceptors (Lipinski definition) is 4. The van der Waals surface area contributed by atoms with Crippen LogP contribution in [-0.2, 0) is 32.9 Å². The van der Waals surface area contributed by atoms with Gasteiger partial charge in [0.25, 0.3) is 0 Å².